The molecule has 7 heteroatoms. The number of para-hydroxylation sites is 1. The lowest BCUT2D eigenvalue weighted by atomic mass is 10.1. The molecule has 0 fully saturated rings. The van der Waals surface area contributed by atoms with Gasteiger partial charge in [0.15, 0.2) is 0 Å². The molecule has 0 aliphatic heterocycles. The molecule has 0 spiro atoms. The molecule has 2 rings (SSSR count). The summed E-state index contributed by atoms with van der Waals surface area (Å²) in [7, 11) is -3.63. The molecule has 0 bridgehead atoms. The van der Waals surface area contributed by atoms with Crippen molar-refractivity contribution in [3.63, 3.8) is 0 Å². The fraction of sp³-hybridized carbons (Fsp3) is 0.316. The van der Waals surface area contributed by atoms with Gasteiger partial charge in [-0.3, -0.25) is 9.10 Å². The van der Waals surface area contributed by atoms with Crippen LogP contribution in [-0.2, 0) is 14.8 Å². The zero-order chi connectivity index (χ0) is 19.5. The number of thioether (sulfide) groups is 1. The molecule has 2 aromatic rings. The van der Waals surface area contributed by atoms with Gasteiger partial charge in [0.1, 0.15) is 6.04 Å². The van der Waals surface area contributed by atoms with Crippen LogP contribution in [-0.4, -0.2) is 32.9 Å². The molecule has 1 N–H and O–H groups in total. The Hall–Kier alpha value is -1.99. The molecule has 26 heavy (non-hydrogen) atoms. The van der Waals surface area contributed by atoms with E-state index >= 15 is 0 Å². The van der Waals surface area contributed by atoms with Gasteiger partial charge < -0.3 is 5.32 Å². The van der Waals surface area contributed by atoms with Crippen molar-refractivity contribution in [3.8, 4) is 0 Å². The quantitative estimate of drug-likeness (QED) is 0.759. The molecule has 0 aliphatic carbocycles. The minimum absolute atomic E-state index is 0.379. The summed E-state index contributed by atoms with van der Waals surface area (Å²) < 4.78 is 25.9. The summed E-state index contributed by atoms with van der Waals surface area (Å²) in [5.41, 5.74) is 3.19. The summed E-state index contributed by atoms with van der Waals surface area (Å²) in [5, 5.41) is 2.84. The van der Waals surface area contributed by atoms with Crippen molar-refractivity contribution in [2.45, 2.75) is 31.7 Å². The third-order valence-corrected chi connectivity index (χ3v) is 6.24. The first-order valence-corrected chi connectivity index (χ1v) is 11.2. The number of carbonyl (C=O) groups is 1. The largest absolute Gasteiger partial charge is 0.323 e. The first-order chi connectivity index (χ1) is 12.1. The molecule has 0 aliphatic rings. The Bertz CT molecular complexity index is 911. The van der Waals surface area contributed by atoms with Crippen LogP contribution in [0.5, 0.6) is 0 Å². The van der Waals surface area contributed by atoms with Crippen molar-refractivity contribution in [2.75, 3.05) is 22.1 Å². The number of benzene rings is 2. The predicted molar refractivity (Wildman–Crippen MR) is 110 cm³/mol. The number of hydrogen-bond donors (Lipinski definition) is 1. The van der Waals surface area contributed by atoms with Crippen LogP contribution in [0.15, 0.2) is 47.4 Å². The van der Waals surface area contributed by atoms with Gasteiger partial charge in [0.2, 0.25) is 15.9 Å². The number of anilines is 2. The Morgan fingerprint density at radius 2 is 1.77 bits per heavy atom. The second-order valence-electron chi connectivity index (χ2n) is 6.19. The summed E-state index contributed by atoms with van der Waals surface area (Å²) >= 11 is 1.52. The van der Waals surface area contributed by atoms with E-state index < -0.39 is 16.1 Å². The first-order valence-electron chi connectivity index (χ1n) is 8.15. The van der Waals surface area contributed by atoms with Crippen LogP contribution >= 0.6 is 11.8 Å². The summed E-state index contributed by atoms with van der Waals surface area (Å²) in [6, 6.07) is 11.9. The van der Waals surface area contributed by atoms with Crippen molar-refractivity contribution in [1.82, 2.24) is 0 Å². The van der Waals surface area contributed by atoms with Crippen LogP contribution in [0.4, 0.5) is 11.4 Å². The number of aryl methyl sites for hydroxylation is 2. The third-order valence-electron chi connectivity index (χ3n) is 4.20. The highest BCUT2D eigenvalue weighted by molar-refractivity contribution is 7.98. The van der Waals surface area contributed by atoms with Crippen molar-refractivity contribution >= 4 is 39.1 Å². The molecule has 0 aromatic heterocycles. The third kappa shape index (κ3) is 4.59. The first kappa shape index (κ1) is 20.3. The smallest absolute Gasteiger partial charge is 0.248 e. The lowest BCUT2D eigenvalue weighted by Crippen LogP contribution is -2.45. The van der Waals surface area contributed by atoms with Crippen LogP contribution in [0.2, 0.25) is 0 Å². The number of hydrogen-bond acceptors (Lipinski definition) is 4. The maximum atomic E-state index is 12.8. The van der Waals surface area contributed by atoms with E-state index in [0.29, 0.717) is 11.4 Å². The maximum Gasteiger partial charge on any atom is 0.248 e. The zero-order valence-corrected chi connectivity index (χ0v) is 17.2. The topological polar surface area (TPSA) is 66.5 Å². The molecule has 5 nitrogen and oxygen atoms in total. The van der Waals surface area contributed by atoms with E-state index in [2.05, 4.69) is 5.32 Å². The molecular weight excluding hydrogens is 368 g/mol. The van der Waals surface area contributed by atoms with E-state index in [9.17, 15) is 13.2 Å². The van der Waals surface area contributed by atoms with Gasteiger partial charge in [-0.05, 0) is 62.4 Å². The Morgan fingerprint density at radius 3 is 2.35 bits per heavy atom. The highest BCUT2D eigenvalue weighted by atomic mass is 32.2. The van der Waals surface area contributed by atoms with Crippen LogP contribution in [0.1, 0.15) is 18.1 Å². The molecule has 0 unspecified atom stereocenters. The molecule has 0 heterocycles. The Kier molecular flexibility index (Phi) is 6.36. The van der Waals surface area contributed by atoms with Gasteiger partial charge in [-0.15, -0.1) is 11.8 Å². The SMILES string of the molecule is CSc1ccccc1NC(=O)[C@H](C)N(c1ccc(C)c(C)c1)S(C)(=O)=O. The Morgan fingerprint density at radius 1 is 1.12 bits per heavy atom. The summed E-state index contributed by atoms with van der Waals surface area (Å²) in [6.07, 6.45) is 3.04. The fourth-order valence-electron chi connectivity index (χ4n) is 2.66. The lowest BCUT2D eigenvalue weighted by Gasteiger charge is -2.29. The average molecular weight is 393 g/mol. The Labute approximate surface area is 159 Å². The van der Waals surface area contributed by atoms with Crippen molar-refractivity contribution in [1.29, 1.82) is 0 Å². The Balaban J connectivity index is 2.36. The van der Waals surface area contributed by atoms with E-state index in [-0.39, 0.29) is 5.91 Å². The van der Waals surface area contributed by atoms with E-state index in [4.69, 9.17) is 0 Å². The van der Waals surface area contributed by atoms with E-state index in [1.807, 2.05) is 44.4 Å². The number of amides is 1. The standard InChI is InChI=1S/C19H24N2O3S2/c1-13-10-11-16(12-14(13)2)21(26(5,23)24)15(3)19(22)20-17-8-6-7-9-18(17)25-4/h6-12,15H,1-5H3,(H,20,22)/t15-/m0/s1. The monoisotopic (exact) mass is 392 g/mol. The van der Waals surface area contributed by atoms with Gasteiger partial charge in [-0.2, -0.15) is 0 Å². The number of sulfonamides is 1. The van der Waals surface area contributed by atoms with Crippen LogP contribution in [0.3, 0.4) is 0 Å². The minimum atomic E-state index is -3.63. The van der Waals surface area contributed by atoms with Gasteiger partial charge in [0, 0.05) is 4.90 Å². The molecule has 1 amide bonds. The van der Waals surface area contributed by atoms with Crippen LogP contribution < -0.4 is 9.62 Å². The van der Waals surface area contributed by atoms with Gasteiger partial charge in [0.05, 0.1) is 17.6 Å². The molecule has 140 valence electrons. The van der Waals surface area contributed by atoms with E-state index in [1.54, 1.807) is 25.1 Å². The second kappa shape index (κ2) is 8.14. The molecule has 0 saturated carbocycles. The highest BCUT2D eigenvalue weighted by Gasteiger charge is 2.29. The number of nitrogens with one attached hydrogen (secondary N) is 1. The minimum Gasteiger partial charge on any atom is -0.323 e. The number of nitrogens with zero attached hydrogens (tertiary/aromatic N) is 1. The second-order valence-corrected chi connectivity index (χ2v) is 8.90. The molecule has 2 aromatic carbocycles. The average Bonchev–Trinajstić information content (AvgIpc) is 2.57. The summed E-state index contributed by atoms with van der Waals surface area (Å²) in [6.45, 7) is 5.46. The van der Waals surface area contributed by atoms with Gasteiger partial charge >= 0.3 is 0 Å². The summed E-state index contributed by atoms with van der Waals surface area (Å²) in [5.74, 6) is -0.379. The van der Waals surface area contributed by atoms with Crippen molar-refractivity contribution in [3.05, 3.63) is 53.6 Å². The zero-order valence-electron chi connectivity index (χ0n) is 15.6. The maximum absolute atomic E-state index is 12.8. The predicted octanol–water partition coefficient (Wildman–Crippen LogP) is 3.82. The van der Waals surface area contributed by atoms with Gasteiger partial charge in [-0.1, -0.05) is 18.2 Å². The lowest BCUT2D eigenvalue weighted by molar-refractivity contribution is -0.116. The van der Waals surface area contributed by atoms with Gasteiger partial charge in [0.25, 0.3) is 0 Å². The van der Waals surface area contributed by atoms with Crippen LogP contribution in [0.25, 0.3) is 0 Å². The number of carbonyl (C=O) groups excluding carboxylic acids is 1. The summed E-state index contributed by atoms with van der Waals surface area (Å²) in [4.78, 5) is 13.7. The van der Waals surface area contributed by atoms with Crippen molar-refractivity contribution in [2.24, 2.45) is 0 Å². The highest BCUT2D eigenvalue weighted by Crippen LogP contribution is 2.27. The van der Waals surface area contributed by atoms with Crippen LogP contribution in [0, 0.1) is 13.8 Å². The molecule has 0 saturated heterocycles. The van der Waals surface area contributed by atoms with Crippen molar-refractivity contribution < 1.29 is 13.2 Å². The normalized spacial score (nSPS) is 12.5. The van der Waals surface area contributed by atoms with E-state index in [1.165, 1.54) is 11.8 Å². The van der Waals surface area contributed by atoms with Gasteiger partial charge in [-0.25, -0.2) is 8.42 Å². The molecule has 0 radical (unpaired) electrons. The molecular formula is C19H24N2O3S2. The number of rotatable bonds is 6. The van der Waals surface area contributed by atoms with E-state index in [0.717, 1.165) is 26.6 Å². The fourth-order valence-corrected chi connectivity index (χ4v) is 4.38. The molecule has 1 atom stereocenters.